The van der Waals surface area contributed by atoms with Gasteiger partial charge in [-0.2, -0.15) is 5.10 Å². The molecule has 2 amide bonds. The van der Waals surface area contributed by atoms with Gasteiger partial charge >= 0.3 is 6.03 Å². The number of rotatable bonds is 7. The molecule has 0 saturated heterocycles. The van der Waals surface area contributed by atoms with Gasteiger partial charge in [0.15, 0.2) is 0 Å². The maximum atomic E-state index is 12.0. The highest BCUT2D eigenvalue weighted by Crippen LogP contribution is 2.29. The van der Waals surface area contributed by atoms with E-state index in [1.807, 2.05) is 24.6 Å². The molecule has 0 unspecified atom stereocenters. The lowest BCUT2D eigenvalue weighted by Crippen LogP contribution is -2.32. The van der Waals surface area contributed by atoms with Gasteiger partial charge in [0.1, 0.15) is 5.82 Å². The van der Waals surface area contributed by atoms with E-state index in [4.69, 9.17) is 0 Å². The number of aromatic nitrogens is 2. The number of urea groups is 1. The van der Waals surface area contributed by atoms with E-state index in [-0.39, 0.29) is 18.1 Å². The normalized spacial score (nSPS) is 16.3. The lowest BCUT2D eigenvalue weighted by molar-refractivity contribution is 0.148. The molecule has 23 heavy (non-hydrogen) atoms. The van der Waals surface area contributed by atoms with E-state index in [0.717, 1.165) is 31.5 Å². The van der Waals surface area contributed by atoms with Gasteiger partial charge in [0.05, 0.1) is 12.2 Å². The van der Waals surface area contributed by atoms with Crippen molar-refractivity contribution in [2.75, 3.05) is 18.5 Å². The fourth-order valence-electron chi connectivity index (χ4n) is 3.04. The first kappa shape index (κ1) is 17.8. The van der Waals surface area contributed by atoms with E-state index in [1.165, 1.54) is 19.3 Å². The van der Waals surface area contributed by atoms with Crippen molar-refractivity contribution in [1.82, 2.24) is 15.1 Å². The highest BCUT2D eigenvalue weighted by molar-refractivity contribution is 5.88. The summed E-state index contributed by atoms with van der Waals surface area (Å²) in [5.74, 6) is 0.769. The molecule has 1 aliphatic rings. The van der Waals surface area contributed by atoms with Crippen molar-refractivity contribution >= 4 is 11.8 Å². The standard InChI is InChI=1S/C17H30N4O2/c1-17(2,13-22)10-6-11-18-16(23)20-15-9-12-19-21(15)14-7-4-3-5-8-14/h9,12,14,22H,3-8,10-11,13H2,1-2H3,(H2,18,20,23). The topological polar surface area (TPSA) is 79.2 Å². The lowest BCUT2D eigenvalue weighted by Gasteiger charge is -2.24. The Balaban J connectivity index is 1.76. The van der Waals surface area contributed by atoms with Crippen LogP contribution in [0.4, 0.5) is 10.6 Å². The Bertz CT molecular complexity index is 493. The highest BCUT2D eigenvalue weighted by atomic mass is 16.3. The van der Waals surface area contributed by atoms with E-state index >= 15 is 0 Å². The summed E-state index contributed by atoms with van der Waals surface area (Å²) in [4.78, 5) is 12.0. The van der Waals surface area contributed by atoms with E-state index in [2.05, 4.69) is 15.7 Å². The SMILES string of the molecule is CC(C)(CO)CCCNC(=O)Nc1ccnn1C1CCCCC1. The third-order valence-corrected chi connectivity index (χ3v) is 4.58. The average molecular weight is 322 g/mol. The molecule has 0 spiro atoms. The summed E-state index contributed by atoms with van der Waals surface area (Å²) in [6.07, 6.45) is 9.50. The zero-order valence-electron chi connectivity index (χ0n) is 14.3. The summed E-state index contributed by atoms with van der Waals surface area (Å²) in [5.41, 5.74) is -0.0856. The molecule has 0 bridgehead atoms. The Morgan fingerprint density at radius 2 is 2.13 bits per heavy atom. The van der Waals surface area contributed by atoms with Crippen molar-refractivity contribution in [2.24, 2.45) is 5.41 Å². The third-order valence-electron chi connectivity index (χ3n) is 4.58. The number of hydrogen-bond donors (Lipinski definition) is 3. The minimum absolute atomic E-state index is 0.0856. The molecule has 6 nitrogen and oxygen atoms in total. The van der Waals surface area contributed by atoms with Gasteiger partial charge in [-0.3, -0.25) is 5.32 Å². The van der Waals surface area contributed by atoms with Crippen LogP contribution in [0.2, 0.25) is 0 Å². The number of carbonyl (C=O) groups excluding carboxylic acids is 1. The molecule has 1 aromatic rings. The first-order chi connectivity index (χ1) is 11.0. The first-order valence-corrected chi connectivity index (χ1v) is 8.71. The number of hydrogen-bond acceptors (Lipinski definition) is 3. The molecule has 130 valence electrons. The van der Waals surface area contributed by atoms with Crippen LogP contribution in [-0.2, 0) is 0 Å². The number of nitrogens with zero attached hydrogens (tertiary/aromatic N) is 2. The molecule has 3 N–H and O–H groups in total. The quantitative estimate of drug-likeness (QED) is 0.674. The van der Waals surface area contributed by atoms with Crippen LogP contribution >= 0.6 is 0 Å². The Hall–Kier alpha value is -1.56. The third kappa shape index (κ3) is 5.53. The predicted molar refractivity (Wildman–Crippen MR) is 91.5 cm³/mol. The van der Waals surface area contributed by atoms with Gasteiger partial charge in [0.2, 0.25) is 0 Å². The van der Waals surface area contributed by atoms with Gasteiger partial charge in [-0.1, -0.05) is 33.1 Å². The zero-order chi connectivity index (χ0) is 16.7. The number of aliphatic hydroxyl groups is 1. The molecule has 1 fully saturated rings. The molecule has 0 atom stereocenters. The van der Waals surface area contributed by atoms with Gasteiger partial charge in [-0.05, 0) is 31.1 Å². The molecule has 1 heterocycles. The Morgan fingerprint density at radius 3 is 2.83 bits per heavy atom. The van der Waals surface area contributed by atoms with Crippen molar-refractivity contribution in [3.05, 3.63) is 12.3 Å². The second kappa shape index (κ2) is 8.34. The van der Waals surface area contributed by atoms with Gasteiger partial charge in [-0.15, -0.1) is 0 Å². The maximum Gasteiger partial charge on any atom is 0.320 e. The molecule has 1 saturated carbocycles. The van der Waals surface area contributed by atoms with Crippen LogP contribution in [0.5, 0.6) is 0 Å². The fraction of sp³-hybridized carbons (Fsp3) is 0.765. The van der Waals surface area contributed by atoms with Crippen LogP contribution in [0.25, 0.3) is 0 Å². The molecule has 1 aliphatic carbocycles. The van der Waals surface area contributed by atoms with Crippen molar-refractivity contribution in [3.8, 4) is 0 Å². The predicted octanol–water partition coefficient (Wildman–Crippen LogP) is 3.31. The van der Waals surface area contributed by atoms with Crippen molar-refractivity contribution in [2.45, 2.75) is 64.8 Å². The summed E-state index contributed by atoms with van der Waals surface area (Å²) in [6.45, 7) is 4.82. The van der Waals surface area contributed by atoms with Crippen LogP contribution in [-0.4, -0.2) is 34.1 Å². The zero-order valence-corrected chi connectivity index (χ0v) is 14.3. The Kier molecular flexibility index (Phi) is 6.45. The number of aliphatic hydroxyl groups excluding tert-OH is 1. The molecule has 0 radical (unpaired) electrons. The van der Waals surface area contributed by atoms with E-state index in [0.29, 0.717) is 12.6 Å². The average Bonchev–Trinajstić information content (AvgIpc) is 3.00. The van der Waals surface area contributed by atoms with Crippen LogP contribution in [0.3, 0.4) is 0 Å². The molecule has 2 rings (SSSR count). The van der Waals surface area contributed by atoms with Crippen LogP contribution in [0, 0.1) is 5.41 Å². The monoisotopic (exact) mass is 322 g/mol. The number of carbonyl (C=O) groups is 1. The number of nitrogens with one attached hydrogen (secondary N) is 2. The smallest absolute Gasteiger partial charge is 0.320 e. The van der Waals surface area contributed by atoms with Gasteiger partial charge in [-0.25, -0.2) is 9.48 Å². The second-order valence-corrected chi connectivity index (χ2v) is 7.26. The van der Waals surface area contributed by atoms with Crippen LogP contribution in [0.15, 0.2) is 12.3 Å². The minimum atomic E-state index is -0.190. The van der Waals surface area contributed by atoms with Crippen molar-refractivity contribution in [1.29, 1.82) is 0 Å². The molecular weight excluding hydrogens is 292 g/mol. The highest BCUT2D eigenvalue weighted by Gasteiger charge is 2.19. The van der Waals surface area contributed by atoms with Crippen LogP contribution in [0.1, 0.15) is 64.8 Å². The lowest BCUT2D eigenvalue weighted by atomic mass is 9.89. The largest absolute Gasteiger partial charge is 0.396 e. The second-order valence-electron chi connectivity index (χ2n) is 7.26. The molecule has 0 aliphatic heterocycles. The van der Waals surface area contributed by atoms with E-state index in [1.54, 1.807) is 6.20 Å². The van der Waals surface area contributed by atoms with Crippen molar-refractivity contribution < 1.29 is 9.90 Å². The summed E-state index contributed by atoms with van der Waals surface area (Å²) >= 11 is 0. The van der Waals surface area contributed by atoms with E-state index < -0.39 is 0 Å². The molecule has 6 heteroatoms. The minimum Gasteiger partial charge on any atom is -0.396 e. The van der Waals surface area contributed by atoms with Gasteiger partial charge < -0.3 is 10.4 Å². The Morgan fingerprint density at radius 1 is 1.39 bits per heavy atom. The number of amides is 2. The maximum absolute atomic E-state index is 12.0. The first-order valence-electron chi connectivity index (χ1n) is 8.71. The molecule has 1 aromatic heterocycles. The summed E-state index contributed by atoms with van der Waals surface area (Å²) < 4.78 is 1.95. The Labute approximate surface area is 138 Å². The van der Waals surface area contributed by atoms with Gasteiger partial charge in [0.25, 0.3) is 0 Å². The summed E-state index contributed by atoms with van der Waals surface area (Å²) in [7, 11) is 0. The molecular formula is C17H30N4O2. The number of anilines is 1. The summed E-state index contributed by atoms with van der Waals surface area (Å²) in [6, 6.07) is 2.06. The van der Waals surface area contributed by atoms with Crippen molar-refractivity contribution in [3.63, 3.8) is 0 Å². The van der Waals surface area contributed by atoms with Gasteiger partial charge in [0, 0.05) is 19.2 Å². The van der Waals surface area contributed by atoms with E-state index in [9.17, 15) is 9.90 Å². The fourth-order valence-corrected chi connectivity index (χ4v) is 3.04. The van der Waals surface area contributed by atoms with Crippen LogP contribution < -0.4 is 10.6 Å². The summed E-state index contributed by atoms with van der Waals surface area (Å²) in [5, 5.41) is 19.4. The molecule has 0 aromatic carbocycles.